The molecule has 0 bridgehead atoms. The molecule has 0 saturated carbocycles. The van der Waals surface area contributed by atoms with Gasteiger partial charge in [0.05, 0.1) is 0 Å². The molecule has 0 nitrogen and oxygen atoms in total. The molecule has 0 N–H and O–H groups in total. The van der Waals surface area contributed by atoms with E-state index in [9.17, 15) is 0 Å². The van der Waals surface area contributed by atoms with E-state index in [0.717, 1.165) is 0 Å². The fraction of sp³-hybridized carbons (Fsp3) is 0. The van der Waals surface area contributed by atoms with E-state index in [4.69, 9.17) is 27.6 Å². The van der Waals surface area contributed by atoms with E-state index in [2.05, 4.69) is 0 Å². The standard InChI is InChI=1S/2Au.3ClH/h;;3*1H/q;+3;;;/p-3. The zero-order valence-corrected chi connectivity index (χ0v) is 8.34. The molecule has 0 aliphatic rings. The van der Waals surface area contributed by atoms with Gasteiger partial charge in [-0.2, -0.15) is 0 Å². The second-order valence-electron chi connectivity index (χ2n) is 0.129. The molecular formula is Au2Cl3. The fourth-order valence-corrected chi connectivity index (χ4v) is 0. The monoisotopic (exact) mass is 499 g/mol. The Morgan fingerprint density at radius 2 is 1.00 bits per heavy atom. The van der Waals surface area contributed by atoms with Crippen LogP contribution >= 0.6 is 27.6 Å². The maximum absolute atomic E-state index is 4.95. The van der Waals surface area contributed by atoms with E-state index in [0.29, 0.717) is 0 Å². The second kappa shape index (κ2) is 6.35. The van der Waals surface area contributed by atoms with Crippen molar-refractivity contribution in [3.63, 3.8) is 0 Å². The molecule has 1 radical (unpaired) electrons. The Morgan fingerprint density at radius 1 is 1.00 bits per heavy atom. The van der Waals surface area contributed by atoms with Gasteiger partial charge in [-0.15, -0.1) is 0 Å². The van der Waals surface area contributed by atoms with Gasteiger partial charge in [0.15, 0.2) is 0 Å². The molecule has 0 heterocycles. The van der Waals surface area contributed by atoms with Crippen LogP contribution in [0.2, 0.25) is 0 Å². The third kappa shape index (κ3) is 21.8. The molecule has 0 fully saturated rings. The van der Waals surface area contributed by atoms with Crippen molar-refractivity contribution in [2.45, 2.75) is 0 Å². The molecule has 43 valence electrons. The molecule has 5 heteroatoms. The van der Waals surface area contributed by atoms with E-state index >= 15 is 0 Å². The van der Waals surface area contributed by atoms with Crippen LogP contribution in [-0.2, 0) is 37.6 Å². The Bertz CT molecular complexity index is 9.61. The second-order valence-corrected chi connectivity index (χ2v) is 9.52. The molecule has 0 aliphatic heterocycles. The summed E-state index contributed by atoms with van der Waals surface area (Å²) >= 11 is -1.79. The average molecular weight is 500 g/mol. The molecule has 0 amide bonds. The van der Waals surface area contributed by atoms with Gasteiger partial charge in [0.1, 0.15) is 0 Å². The fourth-order valence-electron chi connectivity index (χ4n) is 0. The minimum absolute atomic E-state index is 0. The van der Waals surface area contributed by atoms with Crippen molar-refractivity contribution in [2.75, 3.05) is 0 Å². The Labute approximate surface area is 64.3 Å². The maximum atomic E-state index is 4.95. The minimum atomic E-state index is -1.79. The van der Waals surface area contributed by atoms with Crippen LogP contribution in [0.25, 0.3) is 0 Å². The molecular weight excluding hydrogens is 500 g/mol. The summed E-state index contributed by atoms with van der Waals surface area (Å²) in [5.74, 6) is 0. The van der Waals surface area contributed by atoms with Gasteiger partial charge >= 0.3 is 42.8 Å². The summed E-state index contributed by atoms with van der Waals surface area (Å²) in [6, 6.07) is 0. The van der Waals surface area contributed by atoms with E-state index in [1.165, 1.54) is 0 Å². The molecule has 0 aromatic rings. The topological polar surface area (TPSA) is 0 Å². The summed E-state index contributed by atoms with van der Waals surface area (Å²) in [5.41, 5.74) is 0. The zero-order valence-electron chi connectivity index (χ0n) is 1.74. The summed E-state index contributed by atoms with van der Waals surface area (Å²) in [5, 5.41) is 0. The van der Waals surface area contributed by atoms with Gasteiger partial charge in [-0.3, -0.25) is 0 Å². The predicted octanol–water partition coefficient (Wildman–Crippen LogP) is 2.06. The molecule has 5 heavy (non-hydrogen) atoms. The Kier molecular flexibility index (Phi) is 13.2. The molecule has 0 aromatic heterocycles. The van der Waals surface area contributed by atoms with Crippen molar-refractivity contribution in [1.82, 2.24) is 0 Å². The van der Waals surface area contributed by atoms with Crippen LogP contribution in [0.3, 0.4) is 0 Å². The zero-order chi connectivity index (χ0) is 3.58. The summed E-state index contributed by atoms with van der Waals surface area (Å²) in [6.45, 7) is 0. The third-order valence-electron chi connectivity index (χ3n) is 0. The van der Waals surface area contributed by atoms with Crippen molar-refractivity contribution in [3.05, 3.63) is 0 Å². The summed E-state index contributed by atoms with van der Waals surface area (Å²) < 4.78 is 0. The van der Waals surface area contributed by atoms with Gasteiger partial charge in [-0.05, 0) is 0 Å². The van der Waals surface area contributed by atoms with Crippen molar-refractivity contribution >= 4 is 27.6 Å². The number of rotatable bonds is 0. The van der Waals surface area contributed by atoms with Gasteiger partial charge in [0, 0.05) is 22.4 Å². The predicted molar refractivity (Wildman–Crippen MR) is 17.6 cm³/mol. The molecule has 0 aromatic carbocycles. The van der Waals surface area contributed by atoms with Gasteiger partial charge in [0.25, 0.3) is 0 Å². The first-order valence-electron chi connectivity index (χ1n) is 0.342. The third-order valence-corrected chi connectivity index (χ3v) is 0. The summed E-state index contributed by atoms with van der Waals surface area (Å²) in [7, 11) is 14.9. The summed E-state index contributed by atoms with van der Waals surface area (Å²) in [6.07, 6.45) is 0. The van der Waals surface area contributed by atoms with Crippen molar-refractivity contribution in [1.29, 1.82) is 0 Å². The molecule has 0 saturated heterocycles. The molecule has 0 aliphatic carbocycles. The Balaban J connectivity index is 0. The van der Waals surface area contributed by atoms with E-state index < -0.39 is 15.2 Å². The number of hydrogen-bond acceptors (Lipinski definition) is 0. The first kappa shape index (κ1) is 10.4. The van der Waals surface area contributed by atoms with Gasteiger partial charge in [-0.1, -0.05) is 0 Å². The van der Waals surface area contributed by atoms with Crippen LogP contribution in [0.1, 0.15) is 0 Å². The normalized spacial score (nSPS) is 9.00. The van der Waals surface area contributed by atoms with E-state index in [1.807, 2.05) is 0 Å². The number of hydrogen-bond donors (Lipinski definition) is 0. The Hall–Kier alpha value is 2.35. The first-order chi connectivity index (χ1) is 1.73. The van der Waals surface area contributed by atoms with Crippen LogP contribution in [0, 0.1) is 0 Å². The Morgan fingerprint density at radius 3 is 1.00 bits per heavy atom. The quantitative estimate of drug-likeness (QED) is 0.447. The molecule has 0 atom stereocenters. The average Bonchev–Trinajstić information content (AvgIpc) is 0.811. The number of halogens is 3. The van der Waals surface area contributed by atoms with E-state index in [1.54, 1.807) is 0 Å². The van der Waals surface area contributed by atoms with Gasteiger partial charge < -0.3 is 0 Å². The van der Waals surface area contributed by atoms with Crippen molar-refractivity contribution in [3.8, 4) is 0 Å². The summed E-state index contributed by atoms with van der Waals surface area (Å²) in [4.78, 5) is 0. The van der Waals surface area contributed by atoms with Crippen LogP contribution in [-0.4, -0.2) is 0 Å². The van der Waals surface area contributed by atoms with Gasteiger partial charge in [-0.25, -0.2) is 0 Å². The molecule has 0 spiro atoms. The van der Waals surface area contributed by atoms with Gasteiger partial charge in [0.2, 0.25) is 0 Å². The van der Waals surface area contributed by atoms with Crippen LogP contribution in [0.4, 0.5) is 0 Å². The van der Waals surface area contributed by atoms with Crippen LogP contribution in [0.15, 0.2) is 0 Å². The molecule has 0 unspecified atom stereocenters. The van der Waals surface area contributed by atoms with Crippen molar-refractivity contribution < 1.29 is 37.6 Å². The van der Waals surface area contributed by atoms with Crippen LogP contribution < -0.4 is 0 Å². The van der Waals surface area contributed by atoms with Crippen LogP contribution in [0.5, 0.6) is 0 Å². The SMILES string of the molecule is [Au].[Cl][Au]([Cl])[Cl]. The first-order valence-corrected chi connectivity index (χ1v) is 8.40. The van der Waals surface area contributed by atoms with E-state index in [-0.39, 0.29) is 22.4 Å². The van der Waals surface area contributed by atoms with Crippen molar-refractivity contribution in [2.24, 2.45) is 0 Å². The molecule has 0 rings (SSSR count).